The number of hydrogen-bond donors (Lipinski definition) is 1. The van der Waals surface area contributed by atoms with Gasteiger partial charge < -0.3 is 10.1 Å². The van der Waals surface area contributed by atoms with Crippen molar-refractivity contribution in [2.75, 3.05) is 12.4 Å². The fourth-order valence-electron chi connectivity index (χ4n) is 2.53. The van der Waals surface area contributed by atoms with Crippen molar-refractivity contribution in [2.24, 2.45) is 0 Å². The SMILES string of the molecule is COC(=O)c1c(NC(=O)CCc2ccccc2)sc2ccccc12. The Balaban J connectivity index is 1.79. The Kier molecular flexibility index (Phi) is 4.91. The van der Waals surface area contributed by atoms with E-state index in [0.29, 0.717) is 23.4 Å². The molecule has 1 N–H and O–H groups in total. The first-order valence-electron chi connectivity index (χ1n) is 7.62. The molecule has 0 atom stereocenters. The Morgan fingerprint density at radius 3 is 2.50 bits per heavy atom. The molecule has 122 valence electrons. The zero-order valence-electron chi connectivity index (χ0n) is 13.2. The Bertz CT molecular complexity index is 871. The van der Waals surface area contributed by atoms with Gasteiger partial charge in [-0.05, 0) is 18.1 Å². The number of methoxy groups -OCH3 is 1. The third-order valence-corrected chi connectivity index (χ3v) is 4.81. The van der Waals surface area contributed by atoms with Gasteiger partial charge in [0.2, 0.25) is 5.91 Å². The van der Waals surface area contributed by atoms with Crippen LogP contribution < -0.4 is 5.32 Å². The van der Waals surface area contributed by atoms with Gasteiger partial charge in [0.25, 0.3) is 0 Å². The van der Waals surface area contributed by atoms with Crippen molar-refractivity contribution in [3.63, 3.8) is 0 Å². The molecule has 0 fully saturated rings. The van der Waals surface area contributed by atoms with Crippen molar-refractivity contribution >= 4 is 38.3 Å². The normalized spacial score (nSPS) is 10.5. The van der Waals surface area contributed by atoms with E-state index in [9.17, 15) is 9.59 Å². The molecule has 0 saturated carbocycles. The number of benzene rings is 2. The summed E-state index contributed by atoms with van der Waals surface area (Å²) in [7, 11) is 1.34. The van der Waals surface area contributed by atoms with E-state index in [1.807, 2.05) is 54.6 Å². The number of esters is 1. The summed E-state index contributed by atoms with van der Waals surface area (Å²) in [5, 5.41) is 4.21. The molecule has 3 rings (SSSR count). The van der Waals surface area contributed by atoms with Crippen molar-refractivity contribution < 1.29 is 14.3 Å². The number of nitrogens with one attached hydrogen (secondary N) is 1. The lowest BCUT2D eigenvalue weighted by Gasteiger charge is -2.06. The van der Waals surface area contributed by atoms with Crippen LogP contribution >= 0.6 is 11.3 Å². The lowest BCUT2D eigenvalue weighted by molar-refractivity contribution is -0.116. The topological polar surface area (TPSA) is 55.4 Å². The van der Waals surface area contributed by atoms with E-state index in [1.54, 1.807) is 0 Å². The predicted molar refractivity (Wildman–Crippen MR) is 96.6 cm³/mol. The number of ether oxygens (including phenoxy) is 1. The minimum Gasteiger partial charge on any atom is -0.465 e. The van der Waals surface area contributed by atoms with Crippen molar-refractivity contribution in [2.45, 2.75) is 12.8 Å². The summed E-state index contributed by atoms with van der Waals surface area (Å²) in [6.07, 6.45) is 1.02. The Morgan fingerprint density at radius 2 is 1.75 bits per heavy atom. The summed E-state index contributed by atoms with van der Waals surface area (Å²) < 4.78 is 5.81. The highest BCUT2D eigenvalue weighted by molar-refractivity contribution is 7.23. The molecule has 0 aliphatic carbocycles. The number of rotatable bonds is 5. The third-order valence-electron chi connectivity index (χ3n) is 3.72. The highest BCUT2D eigenvalue weighted by Gasteiger charge is 2.20. The number of amides is 1. The molecule has 1 heterocycles. The molecule has 0 aliphatic heterocycles. The number of aryl methyl sites for hydroxylation is 1. The zero-order valence-corrected chi connectivity index (χ0v) is 14.1. The van der Waals surface area contributed by atoms with Gasteiger partial charge in [0, 0.05) is 16.5 Å². The lowest BCUT2D eigenvalue weighted by Crippen LogP contribution is -2.14. The number of fused-ring (bicyclic) bond motifs is 1. The van der Waals surface area contributed by atoms with Gasteiger partial charge in [-0.2, -0.15) is 0 Å². The molecule has 4 nitrogen and oxygen atoms in total. The molecule has 2 aromatic carbocycles. The maximum Gasteiger partial charge on any atom is 0.341 e. The maximum atomic E-state index is 12.3. The second kappa shape index (κ2) is 7.27. The minimum atomic E-state index is -0.439. The fourth-order valence-corrected chi connectivity index (χ4v) is 3.64. The summed E-state index contributed by atoms with van der Waals surface area (Å²) in [6, 6.07) is 17.4. The van der Waals surface area contributed by atoms with E-state index in [-0.39, 0.29) is 5.91 Å². The number of carbonyl (C=O) groups excluding carboxylic acids is 2. The van der Waals surface area contributed by atoms with E-state index in [1.165, 1.54) is 18.4 Å². The van der Waals surface area contributed by atoms with E-state index >= 15 is 0 Å². The molecule has 0 saturated heterocycles. The van der Waals surface area contributed by atoms with Crippen LogP contribution in [0.1, 0.15) is 22.3 Å². The molecule has 24 heavy (non-hydrogen) atoms. The molecule has 0 aliphatic rings. The molecule has 1 aromatic heterocycles. The van der Waals surface area contributed by atoms with Gasteiger partial charge in [-0.15, -0.1) is 11.3 Å². The highest BCUT2D eigenvalue weighted by Crippen LogP contribution is 2.36. The Hall–Kier alpha value is -2.66. The Labute approximate surface area is 144 Å². The molecule has 0 radical (unpaired) electrons. The molecule has 5 heteroatoms. The van der Waals surface area contributed by atoms with Gasteiger partial charge in [0.15, 0.2) is 0 Å². The standard InChI is InChI=1S/C19H17NO3S/c1-23-19(22)17-14-9-5-6-10-15(14)24-18(17)20-16(21)12-11-13-7-3-2-4-8-13/h2-10H,11-12H2,1H3,(H,20,21). The van der Waals surface area contributed by atoms with Crippen LogP contribution in [0.5, 0.6) is 0 Å². The van der Waals surface area contributed by atoms with Gasteiger partial charge in [-0.3, -0.25) is 4.79 Å². The molecule has 0 bridgehead atoms. The minimum absolute atomic E-state index is 0.115. The monoisotopic (exact) mass is 339 g/mol. The van der Waals surface area contributed by atoms with E-state index < -0.39 is 5.97 Å². The van der Waals surface area contributed by atoms with Crippen LogP contribution in [0.4, 0.5) is 5.00 Å². The van der Waals surface area contributed by atoms with Crippen molar-refractivity contribution in [3.8, 4) is 0 Å². The molecule has 0 spiro atoms. The average Bonchev–Trinajstić information content (AvgIpc) is 2.98. The van der Waals surface area contributed by atoms with Gasteiger partial charge >= 0.3 is 5.97 Å². The zero-order chi connectivity index (χ0) is 16.9. The maximum absolute atomic E-state index is 12.3. The first-order chi connectivity index (χ1) is 11.7. The summed E-state index contributed by atoms with van der Waals surface area (Å²) in [5.41, 5.74) is 1.53. The van der Waals surface area contributed by atoms with E-state index in [0.717, 1.165) is 15.6 Å². The summed E-state index contributed by atoms with van der Waals surface area (Å²) in [4.78, 5) is 24.4. The van der Waals surface area contributed by atoms with Crippen LogP contribution in [-0.2, 0) is 16.0 Å². The summed E-state index contributed by atoms with van der Waals surface area (Å²) in [5.74, 6) is -0.554. The quantitative estimate of drug-likeness (QED) is 0.707. The van der Waals surface area contributed by atoms with Crippen molar-refractivity contribution in [1.29, 1.82) is 0 Å². The van der Waals surface area contributed by atoms with Crippen LogP contribution in [0.15, 0.2) is 54.6 Å². The highest BCUT2D eigenvalue weighted by atomic mass is 32.1. The van der Waals surface area contributed by atoms with Gasteiger partial charge in [0.05, 0.1) is 7.11 Å². The molecular weight excluding hydrogens is 322 g/mol. The first-order valence-corrected chi connectivity index (χ1v) is 8.44. The number of hydrogen-bond acceptors (Lipinski definition) is 4. The Morgan fingerprint density at radius 1 is 1.04 bits per heavy atom. The van der Waals surface area contributed by atoms with Crippen molar-refractivity contribution in [3.05, 3.63) is 65.7 Å². The first kappa shape index (κ1) is 16.2. The largest absolute Gasteiger partial charge is 0.465 e. The second-order valence-electron chi connectivity index (χ2n) is 5.33. The van der Waals surface area contributed by atoms with Crippen LogP contribution in [0, 0.1) is 0 Å². The number of carbonyl (C=O) groups is 2. The molecule has 0 unspecified atom stereocenters. The van der Waals surface area contributed by atoms with Crippen molar-refractivity contribution in [1.82, 2.24) is 0 Å². The summed E-state index contributed by atoms with van der Waals surface area (Å²) in [6.45, 7) is 0. The van der Waals surface area contributed by atoms with Gasteiger partial charge in [-0.1, -0.05) is 48.5 Å². The van der Waals surface area contributed by atoms with E-state index in [2.05, 4.69) is 5.32 Å². The van der Waals surface area contributed by atoms with Crippen LogP contribution in [0.25, 0.3) is 10.1 Å². The molecule has 3 aromatic rings. The number of thiophene rings is 1. The predicted octanol–water partition coefficient (Wildman–Crippen LogP) is 4.26. The average molecular weight is 339 g/mol. The third kappa shape index (κ3) is 3.46. The van der Waals surface area contributed by atoms with E-state index in [4.69, 9.17) is 4.74 Å². The molecular formula is C19H17NO3S. The van der Waals surface area contributed by atoms with Gasteiger partial charge in [-0.25, -0.2) is 4.79 Å². The van der Waals surface area contributed by atoms with Gasteiger partial charge in [0.1, 0.15) is 10.6 Å². The van der Waals surface area contributed by atoms with Crippen LogP contribution in [-0.4, -0.2) is 19.0 Å². The lowest BCUT2D eigenvalue weighted by atomic mass is 10.1. The summed E-state index contributed by atoms with van der Waals surface area (Å²) >= 11 is 1.38. The molecule has 1 amide bonds. The number of anilines is 1. The van der Waals surface area contributed by atoms with Crippen LogP contribution in [0.2, 0.25) is 0 Å². The fraction of sp³-hybridized carbons (Fsp3) is 0.158. The second-order valence-corrected chi connectivity index (χ2v) is 6.38. The van der Waals surface area contributed by atoms with Crippen LogP contribution in [0.3, 0.4) is 0 Å². The smallest absolute Gasteiger partial charge is 0.341 e.